The summed E-state index contributed by atoms with van der Waals surface area (Å²) < 4.78 is 6.81. The Kier molecular flexibility index (Phi) is 2.91. The van der Waals surface area contributed by atoms with E-state index in [1.807, 2.05) is 19.1 Å². The molecule has 14 heavy (non-hydrogen) atoms. The van der Waals surface area contributed by atoms with Crippen LogP contribution in [-0.4, -0.2) is 6.61 Å². The predicted octanol–water partition coefficient (Wildman–Crippen LogP) is 3.84. The summed E-state index contributed by atoms with van der Waals surface area (Å²) in [5.41, 5.74) is 0. The van der Waals surface area contributed by atoms with Crippen LogP contribution in [0.15, 0.2) is 36.4 Å². The lowest BCUT2D eigenvalue weighted by molar-refractivity contribution is 0.344. The van der Waals surface area contributed by atoms with E-state index in [0.29, 0.717) is 6.61 Å². The average Bonchev–Trinajstić information content (AvgIpc) is 2.18. The first-order valence-electron chi connectivity index (χ1n) is 4.62. The summed E-state index contributed by atoms with van der Waals surface area (Å²) in [6, 6.07) is 12.5. The highest BCUT2D eigenvalue weighted by molar-refractivity contribution is 14.1. The fourth-order valence-corrected chi connectivity index (χ4v) is 2.13. The van der Waals surface area contributed by atoms with Gasteiger partial charge in [0.25, 0.3) is 0 Å². The van der Waals surface area contributed by atoms with Gasteiger partial charge in [-0.3, -0.25) is 0 Å². The maximum atomic E-state index is 5.60. The molecule has 2 heteroatoms. The molecule has 0 heterocycles. The van der Waals surface area contributed by atoms with Gasteiger partial charge in [0.1, 0.15) is 5.75 Å². The zero-order chi connectivity index (χ0) is 9.97. The molecule has 2 aromatic rings. The van der Waals surface area contributed by atoms with Gasteiger partial charge in [0.05, 0.1) is 6.61 Å². The van der Waals surface area contributed by atoms with E-state index in [1.165, 1.54) is 14.3 Å². The van der Waals surface area contributed by atoms with Gasteiger partial charge in [0.15, 0.2) is 0 Å². The summed E-state index contributed by atoms with van der Waals surface area (Å²) >= 11 is 2.31. The fourth-order valence-electron chi connectivity index (χ4n) is 1.52. The molecule has 0 aliphatic carbocycles. The maximum absolute atomic E-state index is 5.60. The maximum Gasteiger partial charge on any atom is 0.128 e. The molecule has 1 nitrogen and oxygen atoms in total. The second-order valence-electron chi connectivity index (χ2n) is 3.06. The van der Waals surface area contributed by atoms with Crippen molar-refractivity contribution in [2.45, 2.75) is 6.92 Å². The Morgan fingerprint density at radius 1 is 1.21 bits per heavy atom. The van der Waals surface area contributed by atoms with Crippen molar-refractivity contribution < 1.29 is 4.74 Å². The van der Waals surface area contributed by atoms with Crippen molar-refractivity contribution >= 4 is 33.4 Å². The minimum absolute atomic E-state index is 0.712. The van der Waals surface area contributed by atoms with Gasteiger partial charge in [-0.25, -0.2) is 0 Å². The van der Waals surface area contributed by atoms with Gasteiger partial charge in [-0.05, 0) is 47.0 Å². The van der Waals surface area contributed by atoms with Crippen molar-refractivity contribution in [2.75, 3.05) is 6.61 Å². The van der Waals surface area contributed by atoms with Crippen LogP contribution in [0, 0.1) is 3.57 Å². The quantitative estimate of drug-likeness (QED) is 0.765. The molecule has 0 aliphatic rings. The lowest BCUT2D eigenvalue weighted by Crippen LogP contribution is -1.92. The molecule has 72 valence electrons. The molecule has 0 fully saturated rings. The Balaban J connectivity index is 2.67. The number of fused-ring (bicyclic) bond motifs is 1. The topological polar surface area (TPSA) is 9.23 Å². The SMILES string of the molecule is CCOc1cc(I)cc2ccccc12. The van der Waals surface area contributed by atoms with Crippen LogP contribution in [0.3, 0.4) is 0 Å². The molecular weight excluding hydrogens is 287 g/mol. The van der Waals surface area contributed by atoms with E-state index in [1.54, 1.807) is 0 Å². The van der Waals surface area contributed by atoms with Crippen LogP contribution in [0.25, 0.3) is 10.8 Å². The fraction of sp³-hybridized carbons (Fsp3) is 0.167. The van der Waals surface area contributed by atoms with Gasteiger partial charge in [-0.15, -0.1) is 0 Å². The zero-order valence-electron chi connectivity index (χ0n) is 7.96. The van der Waals surface area contributed by atoms with Crippen molar-refractivity contribution in [3.8, 4) is 5.75 Å². The monoisotopic (exact) mass is 298 g/mol. The number of rotatable bonds is 2. The highest BCUT2D eigenvalue weighted by Crippen LogP contribution is 2.28. The normalized spacial score (nSPS) is 10.4. The van der Waals surface area contributed by atoms with E-state index in [4.69, 9.17) is 4.74 Å². The molecule has 0 aliphatic heterocycles. The Bertz CT molecular complexity index is 451. The third-order valence-corrected chi connectivity index (χ3v) is 2.71. The third kappa shape index (κ3) is 1.85. The highest BCUT2D eigenvalue weighted by atomic mass is 127. The first-order valence-corrected chi connectivity index (χ1v) is 5.70. The summed E-state index contributed by atoms with van der Waals surface area (Å²) in [6.45, 7) is 2.72. The van der Waals surface area contributed by atoms with Crippen molar-refractivity contribution in [1.29, 1.82) is 0 Å². The lowest BCUT2D eigenvalue weighted by atomic mass is 10.1. The van der Waals surface area contributed by atoms with Gasteiger partial charge in [0, 0.05) is 8.96 Å². The van der Waals surface area contributed by atoms with E-state index in [-0.39, 0.29) is 0 Å². The Morgan fingerprint density at radius 3 is 2.79 bits per heavy atom. The molecule has 0 saturated heterocycles. The van der Waals surface area contributed by atoms with E-state index in [9.17, 15) is 0 Å². The molecule has 0 amide bonds. The van der Waals surface area contributed by atoms with E-state index in [2.05, 4.69) is 46.9 Å². The van der Waals surface area contributed by atoms with Crippen molar-refractivity contribution in [3.05, 3.63) is 40.0 Å². The number of ether oxygens (including phenoxy) is 1. The Labute approximate surface area is 97.2 Å². The minimum atomic E-state index is 0.712. The van der Waals surface area contributed by atoms with Crippen molar-refractivity contribution in [3.63, 3.8) is 0 Å². The van der Waals surface area contributed by atoms with Crippen LogP contribution in [0.5, 0.6) is 5.75 Å². The second kappa shape index (κ2) is 4.17. The van der Waals surface area contributed by atoms with E-state index < -0.39 is 0 Å². The predicted molar refractivity (Wildman–Crippen MR) is 67.8 cm³/mol. The average molecular weight is 298 g/mol. The van der Waals surface area contributed by atoms with Crippen LogP contribution in [0.1, 0.15) is 6.92 Å². The lowest BCUT2D eigenvalue weighted by Gasteiger charge is -2.07. The molecule has 0 unspecified atom stereocenters. The summed E-state index contributed by atoms with van der Waals surface area (Å²) in [7, 11) is 0. The van der Waals surface area contributed by atoms with Gasteiger partial charge in [-0.1, -0.05) is 24.3 Å². The first kappa shape index (κ1) is 9.77. The molecule has 0 aromatic heterocycles. The molecule has 0 spiro atoms. The standard InChI is InChI=1S/C12H11IO/c1-2-14-12-8-10(13)7-9-5-3-4-6-11(9)12/h3-8H,2H2,1H3. The molecule has 0 saturated carbocycles. The smallest absolute Gasteiger partial charge is 0.128 e. The molecular formula is C12H11IO. The van der Waals surface area contributed by atoms with Crippen LogP contribution in [0.2, 0.25) is 0 Å². The molecule has 0 N–H and O–H groups in total. The number of benzene rings is 2. The second-order valence-corrected chi connectivity index (χ2v) is 4.30. The van der Waals surface area contributed by atoms with E-state index >= 15 is 0 Å². The van der Waals surface area contributed by atoms with Crippen molar-refractivity contribution in [1.82, 2.24) is 0 Å². The van der Waals surface area contributed by atoms with Crippen LogP contribution in [-0.2, 0) is 0 Å². The van der Waals surface area contributed by atoms with Gasteiger partial charge in [-0.2, -0.15) is 0 Å². The molecule has 0 bridgehead atoms. The molecule has 0 radical (unpaired) electrons. The van der Waals surface area contributed by atoms with Crippen LogP contribution in [0.4, 0.5) is 0 Å². The van der Waals surface area contributed by atoms with Crippen molar-refractivity contribution in [2.24, 2.45) is 0 Å². The summed E-state index contributed by atoms with van der Waals surface area (Å²) in [5.74, 6) is 0.981. The highest BCUT2D eigenvalue weighted by Gasteiger charge is 2.02. The number of halogens is 1. The summed E-state index contributed by atoms with van der Waals surface area (Å²) in [4.78, 5) is 0. The molecule has 0 atom stereocenters. The summed E-state index contributed by atoms with van der Waals surface area (Å²) in [6.07, 6.45) is 0. The van der Waals surface area contributed by atoms with Crippen LogP contribution < -0.4 is 4.74 Å². The summed E-state index contributed by atoms with van der Waals surface area (Å²) in [5, 5.41) is 2.43. The van der Waals surface area contributed by atoms with Gasteiger partial charge < -0.3 is 4.74 Å². The van der Waals surface area contributed by atoms with Gasteiger partial charge in [0.2, 0.25) is 0 Å². The molecule has 2 rings (SSSR count). The number of hydrogen-bond donors (Lipinski definition) is 0. The largest absolute Gasteiger partial charge is 0.493 e. The Morgan fingerprint density at radius 2 is 2.00 bits per heavy atom. The van der Waals surface area contributed by atoms with Gasteiger partial charge >= 0.3 is 0 Å². The third-order valence-electron chi connectivity index (χ3n) is 2.09. The zero-order valence-corrected chi connectivity index (χ0v) is 10.1. The number of hydrogen-bond acceptors (Lipinski definition) is 1. The first-order chi connectivity index (χ1) is 6.81. The Hall–Kier alpha value is -0.770. The van der Waals surface area contributed by atoms with Crippen LogP contribution >= 0.6 is 22.6 Å². The molecule has 2 aromatic carbocycles. The minimum Gasteiger partial charge on any atom is -0.493 e. The van der Waals surface area contributed by atoms with E-state index in [0.717, 1.165) is 5.75 Å².